The zero-order valence-electron chi connectivity index (χ0n) is 11.0. The van der Waals surface area contributed by atoms with Crippen LogP contribution < -0.4 is 0 Å². The minimum Gasteiger partial charge on any atom is -0.462 e. The molecule has 0 aliphatic carbocycles. The van der Waals surface area contributed by atoms with Gasteiger partial charge in [0.05, 0.1) is 0 Å². The molecule has 4 nitrogen and oxygen atoms in total. The van der Waals surface area contributed by atoms with E-state index in [1.165, 1.54) is 22.2 Å². The Morgan fingerprint density at radius 3 is 2.89 bits per heavy atom. The normalized spacial score (nSPS) is 23.0. The summed E-state index contributed by atoms with van der Waals surface area (Å²) in [5.74, 6) is -0.131. The molecule has 0 aromatic carbocycles. The Balaban J connectivity index is 1.99. The van der Waals surface area contributed by atoms with Gasteiger partial charge in [0.2, 0.25) is 0 Å². The Morgan fingerprint density at radius 1 is 1.42 bits per heavy atom. The largest absolute Gasteiger partial charge is 0.462 e. The highest BCUT2D eigenvalue weighted by molar-refractivity contribution is 8.00. The summed E-state index contributed by atoms with van der Waals surface area (Å²) in [7, 11) is 0. The molecule has 100 valence electrons. The molecule has 0 radical (unpaired) electrons. The molecule has 6 heteroatoms. The molecule has 1 fully saturated rings. The lowest BCUT2D eigenvalue weighted by molar-refractivity contribution is -0.140. The molecule has 0 N–H and O–H groups in total. The van der Waals surface area contributed by atoms with E-state index in [2.05, 4.69) is 23.8 Å². The van der Waals surface area contributed by atoms with Crippen molar-refractivity contribution < 1.29 is 9.53 Å². The van der Waals surface area contributed by atoms with Crippen LogP contribution in [0, 0.1) is 13.8 Å². The van der Waals surface area contributed by atoms with E-state index in [-0.39, 0.29) is 17.3 Å². The van der Waals surface area contributed by atoms with Gasteiger partial charge in [-0.15, -0.1) is 11.3 Å². The summed E-state index contributed by atoms with van der Waals surface area (Å²) in [4.78, 5) is 22.6. The fraction of sp³-hybridized carbons (Fsp3) is 0.462. The molecule has 3 rings (SSSR count). The predicted octanol–water partition coefficient (Wildman–Crippen LogP) is 3.10. The highest BCUT2D eigenvalue weighted by atomic mass is 32.2. The van der Waals surface area contributed by atoms with Gasteiger partial charge in [-0.3, -0.25) is 4.79 Å². The first-order valence-corrected chi connectivity index (χ1v) is 7.83. The number of esters is 1. The Bertz CT molecular complexity index is 653. The zero-order valence-corrected chi connectivity index (χ0v) is 12.6. The maximum Gasteiger partial charge on any atom is 0.319 e. The summed E-state index contributed by atoms with van der Waals surface area (Å²) in [6.45, 7) is 6.09. The van der Waals surface area contributed by atoms with E-state index < -0.39 is 0 Å². The third kappa shape index (κ3) is 2.23. The van der Waals surface area contributed by atoms with Crippen LogP contribution in [0.25, 0.3) is 10.2 Å². The van der Waals surface area contributed by atoms with E-state index in [9.17, 15) is 4.79 Å². The van der Waals surface area contributed by atoms with Gasteiger partial charge in [0.15, 0.2) is 0 Å². The molecule has 0 unspecified atom stereocenters. The Kier molecular flexibility index (Phi) is 3.22. The number of hydrogen-bond acceptors (Lipinski definition) is 6. The van der Waals surface area contributed by atoms with Gasteiger partial charge in [-0.25, -0.2) is 9.97 Å². The maximum atomic E-state index is 11.7. The number of hydrogen-bond donors (Lipinski definition) is 0. The number of fused-ring (bicyclic) bond motifs is 1. The number of thioether (sulfide) groups is 1. The molecule has 3 heterocycles. The fourth-order valence-electron chi connectivity index (χ4n) is 2.19. The lowest BCUT2D eigenvalue weighted by Gasteiger charge is -2.06. The minimum absolute atomic E-state index is 0.00707. The van der Waals surface area contributed by atoms with Crippen molar-refractivity contribution in [3.63, 3.8) is 0 Å². The van der Waals surface area contributed by atoms with Gasteiger partial charge < -0.3 is 4.74 Å². The van der Waals surface area contributed by atoms with Crippen LogP contribution in [0.4, 0.5) is 0 Å². The summed E-state index contributed by atoms with van der Waals surface area (Å²) >= 11 is 3.17. The average molecular weight is 294 g/mol. The molecule has 0 saturated carbocycles. The lowest BCUT2D eigenvalue weighted by Crippen LogP contribution is -2.09. The maximum absolute atomic E-state index is 11.7. The van der Waals surface area contributed by atoms with Crippen LogP contribution in [0.5, 0.6) is 0 Å². The second kappa shape index (κ2) is 4.76. The molecule has 1 saturated heterocycles. The van der Waals surface area contributed by atoms with Crippen LogP contribution in [0.3, 0.4) is 0 Å². The predicted molar refractivity (Wildman–Crippen MR) is 76.7 cm³/mol. The Morgan fingerprint density at radius 2 is 2.21 bits per heavy atom. The molecule has 1 aliphatic rings. The molecular formula is C13H14N2O2S2. The van der Waals surface area contributed by atoms with Gasteiger partial charge in [-0.05, 0) is 26.3 Å². The van der Waals surface area contributed by atoms with Crippen molar-refractivity contribution in [1.82, 2.24) is 9.97 Å². The third-order valence-corrected chi connectivity index (χ3v) is 5.63. The van der Waals surface area contributed by atoms with Gasteiger partial charge >= 0.3 is 5.97 Å². The number of nitrogens with zero attached hydrogens (tertiary/aromatic N) is 2. The number of carbonyl (C=O) groups is 1. The number of aryl methyl sites for hydroxylation is 2. The number of aromatic nitrogens is 2. The molecule has 19 heavy (non-hydrogen) atoms. The van der Waals surface area contributed by atoms with Crippen molar-refractivity contribution >= 4 is 39.3 Å². The number of carbonyl (C=O) groups excluding carboxylic acids is 1. The van der Waals surface area contributed by atoms with E-state index in [0.29, 0.717) is 0 Å². The van der Waals surface area contributed by atoms with Gasteiger partial charge in [0.25, 0.3) is 0 Å². The van der Waals surface area contributed by atoms with Crippen LogP contribution in [0.15, 0.2) is 11.4 Å². The van der Waals surface area contributed by atoms with E-state index in [1.807, 2.05) is 6.92 Å². The van der Waals surface area contributed by atoms with Gasteiger partial charge in [-0.1, -0.05) is 11.8 Å². The van der Waals surface area contributed by atoms with E-state index in [1.54, 1.807) is 17.7 Å². The number of rotatable bonds is 2. The second-order valence-corrected chi connectivity index (χ2v) is 7.13. The minimum atomic E-state index is -0.146. The highest BCUT2D eigenvalue weighted by Crippen LogP contribution is 2.38. The van der Waals surface area contributed by atoms with Gasteiger partial charge in [0, 0.05) is 16.7 Å². The van der Waals surface area contributed by atoms with Crippen LogP contribution in [0.1, 0.15) is 23.8 Å². The van der Waals surface area contributed by atoms with E-state index in [0.717, 1.165) is 21.7 Å². The molecule has 2 aromatic rings. The molecule has 2 aromatic heterocycles. The summed E-state index contributed by atoms with van der Waals surface area (Å²) in [6.07, 6.45) is 2.33. The van der Waals surface area contributed by atoms with Crippen molar-refractivity contribution in [3.8, 4) is 0 Å². The van der Waals surface area contributed by atoms with Crippen molar-refractivity contribution in [1.29, 1.82) is 0 Å². The summed E-state index contributed by atoms with van der Waals surface area (Å²) in [6, 6.07) is 0. The summed E-state index contributed by atoms with van der Waals surface area (Å²) in [5, 5.41) is 1.83. The molecule has 1 aliphatic heterocycles. The molecular weight excluding hydrogens is 280 g/mol. The monoisotopic (exact) mass is 294 g/mol. The van der Waals surface area contributed by atoms with E-state index >= 15 is 0 Å². The van der Waals surface area contributed by atoms with Crippen LogP contribution in [-0.4, -0.2) is 27.3 Å². The fourth-order valence-corrected chi connectivity index (χ4v) is 4.52. The van der Waals surface area contributed by atoms with Gasteiger partial charge in [-0.2, -0.15) is 0 Å². The van der Waals surface area contributed by atoms with Crippen molar-refractivity contribution in [3.05, 3.63) is 16.8 Å². The number of cyclic esters (lactones) is 1. The summed E-state index contributed by atoms with van der Waals surface area (Å²) in [5.41, 5.74) is 1.21. The zero-order chi connectivity index (χ0) is 13.6. The lowest BCUT2D eigenvalue weighted by atomic mass is 10.2. The quantitative estimate of drug-likeness (QED) is 0.629. The smallest absolute Gasteiger partial charge is 0.319 e. The van der Waals surface area contributed by atoms with Gasteiger partial charge in [0.1, 0.15) is 27.5 Å². The molecule has 0 spiro atoms. The standard InChI is InChI=1S/C13H14N2O2S2/c1-6-4-9(13(16)17-6)19-12-10-7(2)8(3)18-11(10)14-5-15-12/h5-6,9H,4H2,1-3H3/t6-,9-/m0/s1. The second-order valence-electron chi connectivity index (χ2n) is 4.73. The first kappa shape index (κ1) is 12.9. The van der Waals surface area contributed by atoms with Crippen LogP contribution in [0.2, 0.25) is 0 Å². The van der Waals surface area contributed by atoms with Crippen LogP contribution >= 0.6 is 23.1 Å². The Labute approximate surface area is 119 Å². The third-order valence-electron chi connectivity index (χ3n) is 3.31. The molecule has 0 amide bonds. The topological polar surface area (TPSA) is 52.1 Å². The van der Waals surface area contributed by atoms with Crippen molar-refractivity contribution in [2.45, 2.75) is 43.6 Å². The first-order valence-electron chi connectivity index (χ1n) is 6.14. The number of ether oxygens (including phenoxy) is 1. The summed E-state index contributed by atoms with van der Waals surface area (Å²) < 4.78 is 5.19. The molecule has 2 atom stereocenters. The first-order chi connectivity index (χ1) is 9.06. The number of thiophene rings is 1. The Hall–Kier alpha value is -1.14. The van der Waals surface area contributed by atoms with E-state index in [4.69, 9.17) is 4.74 Å². The SMILES string of the molecule is Cc1sc2ncnc(S[C@H]3C[C@H](C)OC3=O)c2c1C. The van der Waals surface area contributed by atoms with Crippen molar-refractivity contribution in [2.75, 3.05) is 0 Å². The molecule has 0 bridgehead atoms. The highest BCUT2D eigenvalue weighted by Gasteiger charge is 2.33. The van der Waals surface area contributed by atoms with Crippen molar-refractivity contribution in [2.24, 2.45) is 0 Å². The average Bonchev–Trinajstić information content (AvgIpc) is 2.81. The van der Waals surface area contributed by atoms with Crippen LogP contribution in [-0.2, 0) is 9.53 Å².